The van der Waals surface area contributed by atoms with Gasteiger partial charge in [0.1, 0.15) is 0 Å². The molecule has 100 valence electrons. The molecule has 1 nitrogen and oxygen atoms in total. The zero-order valence-electron chi connectivity index (χ0n) is 11.5. The van der Waals surface area contributed by atoms with Crippen molar-refractivity contribution in [3.63, 3.8) is 0 Å². The first-order valence-corrected chi connectivity index (χ1v) is 8.10. The van der Waals surface area contributed by atoms with Crippen LogP contribution in [0.25, 0.3) is 0 Å². The highest BCUT2D eigenvalue weighted by atomic mass is 32.1. The summed E-state index contributed by atoms with van der Waals surface area (Å²) in [5, 5.41) is 3.70. The van der Waals surface area contributed by atoms with Gasteiger partial charge in [0.15, 0.2) is 0 Å². The van der Waals surface area contributed by atoms with Gasteiger partial charge >= 0.3 is 0 Å². The van der Waals surface area contributed by atoms with Crippen molar-refractivity contribution in [1.82, 2.24) is 5.32 Å². The van der Waals surface area contributed by atoms with Crippen molar-refractivity contribution >= 4 is 11.3 Å². The normalized spacial score (nSPS) is 15.4. The Bertz CT molecular complexity index is 508. The number of rotatable bonds is 5. The first kappa shape index (κ1) is 12.9. The fourth-order valence-electron chi connectivity index (χ4n) is 2.81. The summed E-state index contributed by atoms with van der Waals surface area (Å²) >= 11 is 2.01. The van der Waals surface area contributed by atoms with Gasteiger partial charge in [0, 0.05) is 9.75 Å². The summed E-state index contributed by atoms with van der Waals surface area (Å²) in [6, 6.07) is 13.6. The molecule has 3 rings (SSSR count). The minimum Gasteiger partial charge on any atom is -0.306 e. The van der Waals surface area contributed by atoms with E-state index in [-0.39, 0.29) is 0 Å². The summed E-state index contributed by atoms with van der Waals surface area (Å²) in [7, 11) is 0. The second kappa shape index (κ2) is 5.89. The molecule has 1 atom stereocenters. The van der Waals surface area contributed by atoms with Gasteiger partial charge in [0.25, 0.3) is 0 Å². The molecule has 1 N–H and O–H groups in total. The number of thiophene rings is 1. The van der Waals surface area contributed by atoms with Gasteiger partial charge in [-0.05, 0) is 49.4 Å². The maximum atomic E-state index is 3.70. The molecule has 0 saturated carbocycles. The third-order valence-corrected chi connectivity index (χ3v) is 5.08. The molecule has 0 aliphatic heterocycles. The molecular weight excluding hydrogens is 250 g/mol. The molecule has 0 saturated heterocycles. The fourth-order valence-corrected chi connectivity index (χ4v) is 4.17. The van der Waals surface area contributed by atoms with Crippen molar-refractivity contribution < 1.29 is 0 Å². The van der Waals surface area contributed by atoms with Crippen molar-refractivity contribution in [1.29, 1.82) is 0 Å². The second-order valence-corrected chi connectivity index (χ2v) is 6.42. The van der Waals surface area contributed by atoms with Gasteiger partial charge in [-0.3, -0.25) is 0 Å². The van der Waals surface area contributed by atoms with Crippen LogP contribution in [-0.2, 0) is 12.8 Å². The van der Waals surface area contributed by atoms with Crippen LogP contribution in [0.2, 0.25) is 0 Å². The summed E-state index contributed by atoms with van der Waals surface area (Å²) in [5.74, 6) is 0. The number of benzene rings is 1. The van der Waals surface area contributed by atoms with Crippen LogP contribution < -0.4 is 5.32 Å². The lowest BCUT2D eigenvalue weighted by Crippen LogP contribution is -2.22. The van der Waals surface area contributed by atoms with Gasteiger partial charge in [0.05, 0.1) is 6.04 Å². The Hall–Kier alpha value is -1.12. The molecule has 0 fully saturated rings. The highest BCUT2D eigenvalue weighted by Gasteiger charge is 2.20. The van der Waals surface area contributed by atoms with E-state index in [1.807, 2.05) is 11.3 Å². The molecule has 1 aliphatic rings. The van der Waals surface area contributed by atoms with E-state index >= 15 is 0 Å². The Morgan fingerprint density at radius 2 is 2.05 bits per heavy atom. The van der Waals surface area contributed by atoms with Crippen LogP contribution >= 0.6 is 11.3 Å². The standard InChI is InChI=1S/C17H21NS/c1-2-11-18-17(13-7-4-3-5-8-13)16-12-14-9-6-10-15(14)19-16/h3-5,7-8,12,17-18H,2,6,9-11H2,1H3. The van der Waals surface area contributed by atoms with Crippen LogP contribution in [0.3, 0.4) is 0 Å². The van der Waals surface area contributed by atoms with E-state index in [0.717, 1.165) is 6.54 Å². The average molecular weight is 271 g/mol. The quantitative estimate of drug-likeness (QED) is 0.853. The highest BCUT2D eigenvalue weighted by Crippen LogP contribution is 2.36. The summed E-state index contributed by atoms with van der Waals surface area (Å²) < 4.78 is 0. The Morgan fingerprint density at radius 1 is 1.21 bits per heavy atom. The van der Waals surface area contributed by atoms with Crippen LogP contribution in [0.1, 0.15) is 46.7 Å². The van der Waals surface area contributed by atoms with Crippen molar-refractivity contribution in [2.45, 2.75) is 38.6 Å². The summed E-state index contributed by atoms with van der Waals surface area (Å²) in [6.07, 6.45) is 5.09. The predicted molar refractivity (Wildman–Crippen MR) is 82.9 cm³/mol. The zero-order valence-corrected chi connectivity index (χ0v) is 12.3. The molecular formula is C17H21NS. The SMILES string of the molecule is CCCNC(c1ccccc1)c1cc2c(s1)CCC2. The minimum absolute atomic E-state index is 0.372. The number of hydrogen-bond acceptors (Lipinski definition) is 2. The van der Waals surface area contributed by atoms with Crippen LogP contribution in [0.4, 0.5) is 0 Å². The van der Waals surface area contributed by atoms with Gasteiger partial charge in [0.2, 0.25) is 0 Å². The van der Waals surface area contributed by atoms with Gasteiger partial charge in [-0.25, -0.2) is 0 Å². The number of aryl methyl sites for hydroxylation is 2. The lowest BCUT2D eigenvalue weighted by atomic mass is 10.0. The number of hydrogen-bond donors (Lipinski definition) is 1. The molecule has 0 spiro atoms. The van der Waals surface area contributed by atoms with Gasteiger partial charge in [-0.15, -0.1) is 11.3 Å². The largest absolute Gasteiger partial charge is 0.306 e. The molecule has 1 heterocycles. The molecule has 1 aliphatic carbocycles. The topological polar surface area (TPSA) is 12.0 Å². The highest BCUT2D eigenvalue weighted by molar-refractivity contribution is 7.12. The third-order valence-electron chi connectivity index (χ3n) is 3.78. The fraction of sp³-hybridized carbons (Fsp3) is 0.412. The monoisotopic (exact) mass is 271 g/mol. The number of fused-ring (bicyclic) bond motifs is 1. The summed E-state index contributed by atoms with van der Waals surface area (Å²) in [4.78, 5) is 3.11. The van der Waals surface area contributed by atoms with Crippen molar-refractivity contribution in [3.8, 4) is 0 Å². The van der Waals surface area contributed by atoms with Gasteiger partial charge < -0.3 is 5.32 Å². The molecule has 1 aromatic carbocycles. The van der Waals surface area contributed by atoms with Crippen LogP contribution in [0.15, 0.2) is 36.4 Å². The van der Waals surface area contributed by atoms with Crippen LogP contribution in [0, 0.1) is 0 Å². The van der Waals surface area contributed by atoms with Gasteiger partial charge in [-0.1, -0.05) is 37.3 Å². The molecule has 0 radical (unpaired) electrons. The summed E-state index contributed by atoms with van der Waals surface area (Å²) in [6.45, 7) is 3.30. The molecule has 0 amide bonds. The molecule has 0 bridgehead atoms. The molecule has 19 heavy (non-hydrogen) atoms. The van der Waals surface area contributed by atoms with Crippen molar-refractivity contribution in [2.75, 3.05) is 6.54 Å². The Kier molecular flexibility index (Phi) is 4.00. The Balaban J connectivity index is 1.89. The predicted octanol–water partition coefficient (Wildman–Crippen LogP) is 4.33. The first-order chi connectivity index (χ1) is 9.38. The van der Waals surface area contributed by atoms with E-state index < -0.39 is 0 Å². The third kappa shape index (κ3) is 2.75. The average Bonchev–Trinajstić information content (AvgIpc) is 3.02. The first-order valence-electron chi connectivity index (χ1n) is 7.28. The molecule has 1 aromatic heterocycles. The lowest BCUT2D eigenvalue weighted by molar-refractivity contribution is 0.605. The Morgan fingerprint density at radius 3 is 2.79 bits per heavy atom. The number of nitrogens with one attached hydrogen (secondary N) is 1. The maximum absolute atomic E-state index is 3.70. The minimum atomic E-state index is 0.372. The van der Waals surface area contributed by atoms with Crippen LogP contribution in [0.5, 0.6) is 0 Å². The van der Waals surface area contributed by atoms with Crippen molar-refractivity contribution in [2.24, 2.45) is 0 Å². The van der Waals surface area contributed by atoms with E-state index in [9.17, 15) is 0 Å². The van der Waals surface area contributed by atoms with E-state index in [1.54, 1.807) is 10.4 Å². The lowest BCUT2D eigenvalue weighted by Gasteiger charge is -2.17. The van der Waals surface area contributed by atoms with Crippen LogP contribution in [-0.4, -0.2) is 6.54 Å². The smallest absolute Gasteiger partial charge is 0.0671 e. The van der Waals surface area contributed by atoms with Crippen molar-refractivity contribution in [3.05, 3.63) is 57.3 Å². The second-order valence-electron chi connectivity index (χ2n) is 5.25. The summed E-state index contributed by atoms with van der Waals surface area (Å²) in [5.41, 5.74) is 2.98. The molecule has 1 unspecified atom stereocenters. The molecule has 2 heteroatoms. The van der Waals surface area contributed by atoms with E-state index in [2.05, 4.69) is 48.6 Å². The molecule has 2 aromatic rings. The Labute approximate surface area is 119 Å². The van der Waals surface area contributed by atoms with E-state index in [1.165, 1.54) is 36.1 Å². The van der Waals surface area contributed by atoms with Gasteiger partial charge in [-0.2, -0.15) is 0 Å². The maximum Gasteiger partial charge on any atom is 0.0671 e. The van der Waals surface area contributed by atoms with E-state index in [4.69, 9.17) is 0 Å². The van der Waals surface area contributed by atoms with E-state index in [0.29, 0.717) is 6.04 Å². The zero-order chi connectivity index (χ0) is 13.1.